The van der Waals surface area contributed by atoms with Gasteiger partial charge < -0.3 is 11.1 Å². The van der Waals surface area contributed by atoms with E-state index in [1.165, 1.54) is 0 Å². The molecule has 6 heteroatoms. The Bertz CT molecular complexity index is 598. The molecule has 0 aliphatic heterocycles. The molecule has 0 saturated heterocycles. The lowest BCUT2D eigenvalue weighted by atomic mass is 10.1. The predicted molar refractivity (Wildman–Crippen MR) is 90.6 cm³/mol. The van der Waals surface area contributed by atoms with E-state index < -0.39 is 0 Å². The molecule has 0 bridgehead atoms. The lowest BCUT2D eigenvalue weighted by Crippen LogP contribution is -2.24. The topological polar surface area (TPSA) is 71.2 Å². The maximum absolute atomic E-state index is 11.8. The molecule has 0 aliphatic rings. The highest BCUT2D eigenvalue weighted by molar-refractivity contribution is 7.07. The summed E-state index contributed by atoms with van der Waals surface area (Å²) in [4.78, 5) is 18.2. The van der Waals surface area contributed by atoms with Crippen molar-refractivity contribution >= 4 is 22.9 Å². The van der Waals surface area contributed by atoms with Crippen LogP contribution >= 0.6 is 11.3 Å². The number of benzene rings is 1. The van der Waals surface area contributed by atoms with E-state index in [0.29, 0.717) is 6.42 Å². The van der Waals surface area contributed by atoms with E-state index in [1.807, 2.05) is 30.6 Å². The predicted octanol–water partition coefficient (Wildman–Crippen LogP) is 2.45. The van der Waals surface area contributed by atoms with Gasteiger partial charge in [0, 0.05) is 36.6 Å². The van der Waals surface area contributed by atoms with E-state index in [4.69, 9.17) is 5.73 Å². The second-order valence-corrected chi connectivity index (χ2v) is 6.30. The number of amides is 1. The fourth-order valence-electron chi connectivity index (χ4n) is 2.21. The van der Waals surface area contributed by atoms with Crippen LogP contribution in [0.2, 0.25) is 0 Å². The van der Waals surface area contributed by atoms with E-state index >= 15 is 0 Å². The van der Waals surface area contributed by atoms with Gasteiger partial charge in [0.25, 0.3) is 0 Å². The first-order valence-electron chi connectivity index (χ1n) is 7.23. The first-order chi connectivity index (χ1) is 10.5. The van der Waals surface area contributed by atoms with Gasteiger partial charge in [0.2, 0.25) is 5.91 Å². The normalized spacial score (nSPS) is 12.4. The summed E-state index contributed by atoms with van der Waals surface area (Å²) in [7, 11) is 2.06. The second kappa shape index (κ2) is 8.03. The van der Waals surface area contributed by atoms with E-state index in [2.05, 4.69) is 33.7 Å². The van der Waals surface area contributed by atoms with Gasteiger partial charge in [-0.3, -0.25) is 9.69 Å². The molecule has 1 unspecified atom stereocenters. The van der Waals surface area contributed by atoms with E-state index in [0.717, 1.165) is 30.0 Å². The van der Waals surface area contributed by atoms with Crippen LogP contribution in [0.5, 0.6) is 0 Å². The van der Waals surface area contributed by atoms with Crippen molar-refractivity contribution < 1.29 is 4.79 Å². The van der Waals surface area contributed by atoms with Gasteiger partial charge in [-0.05, 0) is 31.7 Å². The number of carbonyl (C=O) groups excluding carboxylic acids is 1. The zero-order chi connectivity index (χ0) is 15.9. The van der Waals surface area contributed by atoms with Gasteiger partial charge in [-0.1, -0.05) is 12.1 Å². The summed E-state index contributed by atoms with van der Waals surface area (Å²) in [6, 6.07) is 7.76. The van der Waals surface area contributed by atoms with Gasteiger partial charge in [-0.2, -0.15) is 0 Å². The Balaban J connectivity index is 1.91. The van der Waals surface area contributed by atoms with Crippen LogP contribution in [-0.4, -0.2) is 28.9 Å². The number of nitrogens with one attached hydrogen (secondary N) is 1. The highest BCUT2D eigenvalue weighted by Gasteiger charge is 2.07. The number of nitrogens with two attached hydrogens (primary N) is 1. The van der Waals surface area contributed by atoms with Crippen LogP contribution in [0.15, 0.2) is 35.2 Å². The first kappa shape index (κ1) is 16.6. The van der Waals surface area contributed by atoms with E-state index in [1.54, 1.807) is 11.3 Å². The van der Waals surface area contributed by atoms with Gasteiger partial charge >= 0.3 is 0 Å². The zero-order valence-corrected chi connectivity index (χ0v) is 13.8. The van der Waals surface area contributed by atoms with E-state index in [9.17, 15) is 4.79 Å². The van der Waals surface area contributed by atoms with Crippen LogP contribution in [-0.2, 0) is 17.9 Å². The minimum absolute atomic E-state index is 0.0528. The summed E-state index contributed by atoms with van der Waals surface area (Å²) < 4.78 is 0. The quantitative estimate of drug-likeness (QED) is 0.822. The number of anilines is 1. The van der Waals surface area contributed by atoms with Crippen molar-refractivity contribution in [1.29, 1.82) is 0 Å². The molecule has 5 nitrogen and oxygen atoms in total. The van der Waals surface area contributed by atoms with Crippen molar-refractivity contribution in [2.75, 3.05) is 12.4 Å². The summed E-state index contributed by atoms with van der Waals surface area (Å²) in [5.74, 6) is -0.0528. The molecule has 118 valence electrons. The summed E-state index contributed by atoms with van der Waals surface area (Å²) >= 11 is 1.61. The third-order valence-corrected chi connectivity index (χ3v) is 3.72. The molecule has 2 aromatic rings. The van der Waals surface area contributed by atoms with Crippen molar-refractivity contribution in [3.8, 4) is 0 Å². The Morgan fingerprint density at radius 1 is 1.45 bits per heavy atom. The average molecular weight is 318 g/mol. The summed E-state index contributed by atoms with van der Waals surface area (Å²) in [6.45, 7) is 3.43. The molecular weight excluding hydrogens is 296 g/mol. The number of aromatic nitrogens is 1. The van der Waals surface area contributed by atoms with Crippen molar-refractivity contribution in [3.63, 3.8) is 0 Å². The van der Waals surface area contributed by atoms with Crippen LogP contribution in [0.4, 0.5) is 5.69 Å². The molecule has 1 aromatic heterocycles. The molecule has 1 amide bonds. The fourth-order valence-corrected chi connectivity index (χ4v) is 2.76. The Morgan fingerprint density at radius 3 is 2.95 bits per heavy atom. The lowest BCUT2D eigenvalue weighted by molar-refractivity contribution is -0.116. The SMILES string of the molecule is CC(N)CC(=O)Nc1cccc(CN(C)Cc2cscn2)c1. The molecule has 0 saturated carbocycles. The molecule has 2 rings (SSSR count). The minimum Gasteiger partial charge on any atom is -0.327 e. The molecule has 1 aromatic carbocycles. The maximum Gasteiger partial charge on any atom is 0.225 e. The smallest absolute Gasteiger partial charge is 0.225 e. The molecule has 0 radical (unpaired) electrons. The summed E-state index contributed by atoms with van der Waals surface area (Å²) in [5, 5.41) is 4.94. The fraction of sp³-hybridized carbons (Fsp3) is 0.375. The van der Waals surface area contributed by atoms with Gasteiger partial charge in [0.1, 0.15) is 0 Å². The number of hydrogen-bond donors (Lipinski definition) is 2. The van der Waals surface area contributed by atoms with E-state index in [-0.39, 0.29) is 11.9 Å². The molecule has 22 heavy (non-hydrogen) atoms. The molecule has 1 heterocycles. The number of thiazole rings is 1. The first-order valence-corrected chi connectivity index (χ1v) is 8.17. The third kappa shape index (κ3) is 5.55. The third-order valence-electron chi connectivity index (χ3n) is 3.09. The van der Waals surface area contributed by atoms with Crippen LogP contribution in [0.3, 0.4) is 0 Å². The van der Waals surface area contributed by atoms with Crippen LogP contribution in [0.1, 0.15) is 24.6 Å². The van der Waals surface area contributed by atoms with Crippen molar-refractivity contribution in [1.82, 2.24) is 9.88 Å². The Hall–Kier alpha value is -1.76. The molecule has 3 N–H and O–H groups in total. The maximum atomic E-state index is 11.8. The van der Waals surface area contributed by atoms with Gasteiger partial charge in [-0.25, -0.2) is 4.98 Å². The molecule has 0 spiro atoms. The minimum atomic E-state index is -0.132. The molecular formula is C16H22N4OS. The highest BCUT2D eigenvalue weighted by atomic mass is 32.1. The average Bonchev–Trinajstić information content (AvgIpc) is 2.90. The number of carbonyl (C=O) groups is 1. The van der Waals surface area contributed by atoms with Crippen LogP contribution in [0, 0.1) is 0 Å². The standard InChI is InChI=1S/C16H22N4OS/c1-12(17)6-16(21)19-14-5-3-4-13(7-14)8-20(2)9-15-10-22-11-18-15/h3-5,7,10-12H,6,8-9,17H2,1-2H3,(H,19,21). The number of rotatable bonds is 7. The van der Waals surface area contributed by atoms with Crippen LogP contribution in [0.25, 0.3) is 0 Å². The Kier molecular flexibility index (Phi) is 6.06. The summed E-state index contributed by atoms with van der Waals surface area (Å²) in [6.07, 6.45) is 0.327. The van der Waals surface area contributed by atoms with Crippen LogP contribution < -0.4 is 11.1 Å². The largest absolute Gasteiger partial charge is 0.327 e. The summed E-state index contributed by atoms with van der Waals surface area (Å²) in [5.41, 5.74) is 10.5. The van der Waals surface area contributed by atoms with Gasteiger partial charge in [-0.15, -0.1) is 11.3 Å². The second-order valence-electron chi connectivity index (χ2n) is 5.58. The van der Waals surface area contributed by atoms with Crippen molar-refractivity contribution in [3.05, 3.63) is 46.4 Å². The van der Waals surface area contributed by atoms with Gasteiger partial charge in [0.15, 0.2) is 0 Å². The van der Waals surface area contributed by atoms with Gasteiger partial charge in [0.05, 0.1) is 11.2 Å². The zero-order valence-electron chi connectivity index (χ0n) is 13.0. The van der Waals surface area contributed by atoms with Crippen molar-refractivity contribution in [2.24, 2.45) is 5.73 Å². The molecule has 0 fully saturated rings. The monoisotopic (exact) mass is 318 g/mol. The Labute approximate surface area is 135 Å². The molecule has 1 atom stereocenters. The molecule has 0 aliphatic carbocycles. The Morgan fingerprint density at radius 2 is 2.27 bits per heavy atom. The number of hydrogen-bond acceptors (Lipinski definition) is 5. The highest BCUT2D eigenvalue weighted by Crippen LogP contribution is 2.14. The lowest BCUT2D eigenvalue weighted by Gasteiger charge is -2.16. The van der Waals surface area contributed by atoms with Crippen molar-refractivity contribution in [2.45, 2.75) is 32.5 Å². The number of nitrogens with zero attached hydrogens (tertiary/aromatic N) is 2.